The first-order valence-electron chi connectivity index (χ1n) is 6.09. The fourth-order valence-electron chi connectivity index (χ4n) is 1.66. The molecule has 1 rings (SSSR count). The Morgan fingerprint density at radius 3 is 1.94 bits per heavy atom. The number of hydrogen-bond donors (Lipinski definition) is 0. The predicted molar refractivity (Wildman–Crippen MR) is 71.6 cm³/mol. The van der Waals surface area contributed by atoms with E-state index in [1.54, 1.807) is 6.26 Å². The van der Waals surface area contributed by atoms with Crippen LogP contribution in [-0.4, -0.2) is 20.0 Å². The summed E-state index contributed by atoms with van der Waals surface area (Å²) < 4.78 is 18.1. The van der Waals surface area contributed by atoms with Crippen LogP contribution in [0, 0.1) is 0 Å². The first-order chi connectivity index (χ1) is 7.79. The van der Waals surface area contributed by atoms with E-state index in [0.717, 1.165) is 0 Å². The SMILES string of the molecule is CC=CC[Si]1(OC=CC)OC(C)(C)C(C)(C)O1. The van der Waals surface area contributed by atoms with Crippen molar-refractivity contribution in [1.82, 2.24) is 0 Å². The molecule has 0 aromatic rings. The van der Waals surface area contributed by atoms with Crippen LogP contribution in [0.5, 0.6) is 0 Å². The highest BCUT2D eigenvalue weighted by Gasteiger charge is 2.62. The van der Waals surface area contributed by atoms with Gasteiger partial charge in [-0.3, -0.25) is 0 Å². The molecule has 0 aromatic heterocycles. The van der Waals surface area contributed by atoms with Crippen molar-refractivity contribution >= 4 is 8.80 Å². The van der Waals surface area contributed by atoms with E-state index in [4.69, 9.17) is 13.3 Å². The molecule has 1 aliphatic heterocycles. The highest BCUT2D eigenvalue weighted by atomic mass is 28.4. The third-order valence-corrected chi connectivity index (χ3v) is 6.13. The molecule has 0 saturated carbocycles. The fourth-order valence-corrected chi connectivity index (χ4v) is 4.97. The van der Waals surface area contributed by atoms with Crippen molar-refractivity contribution in [2.45, 2.75) is 58.8 Å². The molecule has 1 fully saturated rings. The molecule has 0 N–H and O–H groups in total. The molecular formula is C13H24O3Si. The van der Waals surface area contributed by atoms with Crippen LogP contribution in [0.15, 0.2) is 24.5 Å². The Bertz CT molecular complexity index is 287. The summed E-state index contributed by atoms with van der Waals surface area (Å²) in [5, 5.41) is 0. The summed E-state index contributed by atoms with van der Waals surface area (Å²) in [5.74, 6) is 0. The van der Waals surface area contributed by atoms with Gasteiger partial charge in [0.05, 0.1) is 17.5 Å². The summed E-state index contributed by atoms with van der Waals surface area (Å²) in [6.07, 6.45) is 7.58. The monoisotopic (exact) mass is 256 g/mol. The molecule has 0 aromatic carbocycles. The third kappa shape index (κ3) is 3.00. The third-order valence-electron chi connectivity index (χ3n) is 3.26. The van der Waals surface area contributed by atoms with Gasteiger partial charge >= 0.3 is 8.80 Å². The molecule has 1 saturated heterocycles. The normalized spacial score (nSPS) is 25.8. The van der Waals surface area contributed by atoms with Gasteiger partial charge in [-0.05, 0) is 41.5 Å². The van der Waals surface area contributed by atoms with Gasteiger partial charge in [-0.1, -0.05) is 18.2 Å². The van der Waals surface area contributed by atoms with Crippen molar-refractivity contribution in [3.05, 3.63) is 24.5 Å². The van der Waals surface area contributed by atoms with Gasteiger partial charge in [0, 0.05) is 6.04 Å². The molecule has 0 atom stereocenters. The summed E-state index contributed by atoms with van der Waals surface area (Å²) >= 11 is 0. The second-order valence-electron chi connectivity index (χ2n) is 5.27. The molecule has 0 spiro atoms. The minimum atomic E-state index is -2.62. The summed E-state index contributed by atoms with van der Waals surface area (Å²) in [6.45, 7) is 12.1. The van der Waals surface area contributed by atoms with E-state index in [2.05, 4.69) is 27.7 Å². The Balaban J connectivity index is 2.94. The molecule has 0 bridgehead atoms. The van der Waals surface area contributed by atoms with E-state index in [-0.39, 0.29) is 11.2 Å². The van der Waals surface area contributed by atoms with Crippen molar-refractivity contribution in [2.24, 2.45) is 0 Å². The molecule has 98 valence electrons. The van der Waals surface area contributed by atoms with Crippen molar-refractivity contribution < 1.29 is 13.3 Å². The average molecular weight is 256 g/mol. The first-order valence-corrected chi connectivity index (χ1v) is 8.02. The standard InChI is InChI=1S/C13H24O3Si/c1-7-9-11-17(14-10-8-2)15-12(3,4)13(5,6)16-17/h7-10H,11H2,1-6H3. The van der Waals surface area contributed by atoms with Gasteiger partial charge in [-0.25, -0.2) is 0 Å². The maximum Gasteiger partial charge on any atom is 0.570 e. The van der Waals surface area contributed by atoms with Crippen LogP contribution >= 0.6 is 0 Å². The van der Waals surface area contributed by atoms with Gasteiger partial charge in [0.25, 0.3) is 0 Å². The van der Waals surface area contributed by atoms with E-state index in [1.807, 2.05) is 32.1 Å². The molecule has 0 radical (unpaired) electrons. The second kappa shape index (κ2) is 4.96. The zero-order valence-corrected chi connectivity index (χ0v) is 12.7. The second-order valence-corrected chi connectivity index (χ2v) is 7.69. The van der Waals surface area contributed by atoms with E-state index in [0.29, 0.717) is 6.04 Å². The van der Waals surface area contributed by atoms with Gasteiger partial charge in [0.1, 0.15) is 0 Å². The van der Waals surface area contributed by atoms with Crippen molar-refractivity contribution in [1.29, 1.82) is 0 Å². The Morgan fingerprint density at radius 1 is 1.00 bits per heavy atom. The van der Waals surface area contributed by atoms with Crippen LogP contribution in [-0.2, 0) is 13.3 Å². The van der Waals surface area contributed by atoms with Crippen LogP contribution in [0.25, 0.3) is 0 Å². The number of rotatable bonds is 4. The number of hydrogen-bond acceptors (Lipinski definition) is 3. The van der Waals surface area contributed by atoms with Gasteiger partial charge in [0.2, 0.25) is 0 Å². The first kappa shape index (κ1) is 14.5. The lowest BCUT2D eigenvalue weighted by molar-refractivity contribution is 0.00578. The maximum atomic E-state index is 6.15. The topological polar surface area (TPSA) is 27.7 Å². The van der Waals surface area contributed by atoms with Crippen LogP contribution in [0.3, 0.4) is 0 Å². The van der Waals surface area contributed by atoms with Crippen LogP contribution in [0.2, 0.25) is 6.04 Å². The lowest BCUT2D eigenvalue weighted by atomic mass is 9.90. The Morgan fingerprint density at radius 2 is 1.53 bits per heavy atom. The maximum absolute atomic E-state index is 6.15. The summed E-state index contributed by atoms with van der Waals surface area (Å²) in [4.78, 5) is 0. The highest BCUT2D eigenvalue weighted by molar-refractivity contribution is 6.62. The van der Waals surface area contributed by atoms with Crippen LogP contribution in [0.1, 0.15) is 41.5 Å². The fraction of sp³-hybridized carbons (Fsp3) is 0.692. The van der Waals surface area contributed by atoms with Gasteiger partial charge < -0.3 is 13.3 Å². The van der Waals surface area contributed by atoms with E-state index >= 15 is 0 Å². The molecule has 1 heterocycles. The molecule has 0 unspecified atom stereocenters. The molecule has 4 heteroatoms. The molecular weight excluding hydrogens is 232 g/mol. The minimum absolute atomic E-state index is 0.331. The van der Waals surface area contributed by atoms with E-state index in [1.165, 1.54) is 0 Å². The van der Waals surface area contributed by atoms with E-state index < -0.39 is 8.80 Å². The van der Waals surface area contributed by atoms with Crippen molar-refractivity contribution in [2.75, 3.05) is 0 Å². The molecule has 1 aliphatic rings. The highest BCUT2D eigenvalue weighted by Crippen LogP contribution is 2.43. The Labute approximate surface area is 106 Å². The Hall–Kier alpha value is -0.583. The van der Waals surface area contributed by atoms with Gasteiger partial charge in [0.15, 0.2) is 0 Å². The zero-order chi connectivity index (χ0) is 13.2. The van der Waals surface area contributed by atoms with Crippen LogP contribution < -0.4 is 0 Å². The Kier molecular flexibility index (Phi) is 4.22. The van der Waals surface area contributed by atoms with Crippen molar-refractivity contribution in [3.8, 4) is 0 Å². The molecule has 3 nitrogen and oxygen atoms in total. The smallest absolute Gasteiger partial charge is 0.508 e. The predicted octanol–water partition coefficient (Wildman–Crippen LogP) is 3.66. The molecule has 0 aliphatic carbocycles. The summed E-state index contributed by atoms with van der Waals surface area (Å²) in [5.41, 5.74) is -0.662. The lowest BCUT2D eigenvalue weighted by Crippen LogP contribution is -2.41. The zero-order valence-electron chi connectivity index (χ0n) is 11.7. The quantitative estimate of drug-likeness (QED) is 0.436. The molecule has 17 heavy (non-hydrogen) atoms. The van der Waals surface area contributed by atoms with Gasteiger partial charge in [-0.2, -0.15) is 0 Å². The van der Waals surface area contributed by atoms with Crippen molar-refractivity contribution in [3.63, 3.8) is 0 Å². The van der Waals surface area contributed by atoms with Crippen LogP contribution in [0.4, 0.5) is 0 Å². The van der Waals surface area contributed by atoms with E-state index in [9.17, 15) is 0 Å². The number of allylic oxidation sites excluding steroid dienone is 3. The molecule has 0 amide bonds. The average Bonchev–Trinajstić information content (AvgIpc) is 2.40. The largest absolute Gasteiger partial charge is 0.570 e. The minimum Gasteiger partial charge on any atom is -0.508 e. The van der Waals surface area contributed by atoms with Gasteiger partial charge in [-0.15, -0.1) is 0 Å². The lowest BCUT2D eigenvalue weighted by Gasteiger charge is -2.31. The summed E-state index contributed by atoms with van der Waals surface area (Å²) in [7, 11) is -2.62. The summed E-state index contributed by atoms with van der Waals surface area (Å²) in [6, 6.07) is 0.709.